The molecule has 1 aromatic rings. The largest absolute Gasteiger partial charge is 0.495 e. The van der Waals surface area contributed by atoms with Gasteiger partial charge < -0.3 is 29.9 Å². The Morgan fingerprint density at radius 1 is 1.36 bits per heavy atom. The maximum atomic E-state index is 10.1. The van der Waals surface area contributed by atoms with E-state index in [0.717, 1.165) is 7.11 Å². The second-order valence-electron chi connectivity index (χ2n) is 4.76. The summed E-state index contributed by atoms with van der Waals surface area (Å²) >= 11 is 0. The predicted octanol–water partition coefficient (Wildman–Crippen LogP) is -0.171. The maximum absolute atomic E-state index is 10.1. The van der Waals surface area contributed by atoms with Crippen LogP contribution in [-0.2, 0) is 4.74 Å². The van der Waals surface area contributed by atoms with E-state index in [0.29, 0.717) is 16.9 Å². The third-order valence-electron chi connectivity index (χ3n) is 3.46. The van der Waals surface area contributed by atoms with Gasteiger partial charge in [-0.3, -0.25) is 0 Å². The zero-order valence-corrected chi connectivity index (χ0v) is 12.6. The van der Waals surface area contributed by atoms with E-state index in [1.807, 2.05) is 0 Å². The van der Waals surface area contributed by atoms with Crippen LogP contribution in [-0.4, -0.2) is 59.6 Å². The lowest BCUT2D eigenvalue weighted by molar-refractivity contribution is -0.179. The molecule has 2 rings (SSSR count). The highest BCUT2D eigenvalue weighted by Crippen LogP contribution is 2.33. The maximum Gasteiger partial charge on any atom is 0.134 e. The molecule has 0 aliphatic carbocycles. The van der Waals surface area contributed by atoms with E-state index < -0.39 is 24.4 Å². The van der Waals surface area contributed by atoms with E-state index in [-0.39, 0.29) is 13.0 Å². The summed E-state index contributed by atoms with van der Waals surface area (Å²) in [5, 5.41) is 36.1. The lowest BCUT2D eigenvalue weighted by Gasteiger charge is -2.36. The van der Waals surface area contributed by atoms with E-state index in [9.17, 15) is 15.3 Å². The molecular formula is C16H22O6. The molecule has 0 aromatic heterocycles. The van der Waals surface area contributed by atoms with Crippen molar-refractivity contribution in [3.8, 4) is 18.1 Å². The van der Waals surface area contributed by atoms with Crippen LogP contribution in [0.4, 0.5) is 0 Å². The first-order valence-electron chi connectivity index (χ1n) is 6.82. The Balaban J connectivity index is 0.00000116. The molecule has 6 nitrogen and oxygen atoms in total. The van der Waals surface area contributed by atoms with Gasteiger partial charge in [-0.15, -0.1) is 6.42 Å². The number of ether oxygens (including phenoxy) is 2. The van der Waals surface area contributed by atoms with Gasteiger partial charge >= 0.3 is 0 Å². The second-order valence-corrected chi connectivity index (χ2v) is 4.76. The van der Waals surface area contributed by atoms with Gasteiger partial charge in [0, 0.05) is 13.5 Å². The quantitative estimate of drug-likeness (QED) is 0.579. The fourth-order valence-corrected chi connectivity index (χ4v) is 2.36. The van der Waals surface area contributed by atoms with E-state index in [1.54, 1.807) is 18.2 Å². The van der Waals surface area contributed by atoms with Gasteiger partial charge in [0.1, 0.15) is 18.0 Å². The van der Waals surface area contributed by atoms with Crippen molar-refractivity contribution < 1.29 is 29.9 Å². The number of terminal acetylenes is 1. The summed E-state index contributed by atoms with van der Waals surface area (Å²) in [6.07, 6.45) is 2.38. The Morgan fingerprint density at radius 3 is 2.59 bits per heavy atom. The fourth-order valence-electron chi connectivity index (χ4n) is 2.36. The highest BCUT2D eigenvalue weighted by molar-refractivity contribution is 5.47. The SMILES string of the molecule is C#Cc1cc([C@H]2OC(CO)CC(O)C2O)ccc1OC.CO. The molecule has 6 heteroatoms. The summed E-state index contributed by atoms with van der Waals surface area (Å²) in [7, 11) is 2.52. The van der Waals surface area contributed by atoms with Gasteiger partial charge in [0.15, 0.2) is 0 Å². The lowest BCUT2D eigenvalue weighted by atomic mass is 9.92. The first-order chi connectivity index (χ1) is 10.6. The third kappa shape index (κ3) is 3.97. The molecule has 4 atom stereocenters. The standard InChI is InChI=1S/C15H18O5.CH4O/c1-3-9-6-10(4-5-13(9)19-2)15-14(18)12(17)7-11(8-16)20-15;1-2/h1,4-6,11-12,14-18H,7-8H2,2H3;2H,1H3/t11?,12?,14?,15-;/m1./s1. The number of benzene rings is 1. The molecule has 4 N–H and O–H groups in total. The van der Waals surface area contributed by atoms with Crippen molar-refractivity contribution in [1.29, 1.82) is 0 Å². The Morgan fingerprint density at radius 2 is 2.05 bits per heavy atom. The molecule has 0 spiro atoms. The van der Waals surface area contributed by atoms with Gasteiger partial charge in [0.05, 0.1) is 31.5 Å². The molecule has 1 aliphatic rings. The summed E-state index contributed by atoms with van der Waals surface area (Å²) < 4.78 is 10.7. The smallest absolute Gasteiger partial charge is 0.134 e. The summed E-state index contributed by atoms with van der Waals surface area (Å²) in [6, 6.07) is 5.09. The number of hydrogen-bond donors (Lipinski definition) is 4. The summed E-state index contributed by atoms with van der Waals surface area (Å²) in [5.74, 6) is 3.06. The predicted molar refractivity (Wildman–Crippen MR) is 80.4 cm³/mol. The Kier molecular flexibility index (Phi) is 7.32. The van der Waals surface area contributed by atoms with Crippen LogP contribution in [0.5, 0.6) is 5.75 Å². The summed E-state index contributed by atoms with van der Waals surface area (Å²) in [4.78, 5) is 0. The van der Waals surface area contributed by atoms with E-state index in [2.05, 4.69) is 5.92 Å². The molecule has 1 aromatic carbocycles. The number of aliphatic hydroxyl groups is 4. The third-order valence-corrected chi connectivity index (χ3v) is 3.46. The first-order valence-corrected chi connectivity index (χ1v) is 6.82. The van der Waals surface area contributed by atoms with Crippen molar-refractivity contribution in [2.45, 2.75) is 30.8 Å². The van der Waals surface area contributed by atoms with E-state index in [1.165, 1.54) is 7.11 Å². The average molecular weight is 310 g/mol. The molecule has 22 heavy (non-hydrogen) atoms. The molecule has 0 bridgehead atoms. The van der Waals surface area contributed by atoms with Crippen LogP contribution in [0.25, 0.3) is 0 Å². The zero-order chi connectivity index (χ0) is 16.7. The Bertz CT molecular complexity index is 510. The minimum Gasteiger partial charge on any atom is -0.495 e. The molecule has 0 amide bonds. The van der Waals surface area contributed by atoms with Crippen LogP contribution in [0, 0.1) is 12.3 Å². The molecule has 122 valence electrons. The van der Waals surface area contributed by atoms with Crippen LogP contribution in [0.3, 0.4) is 0 Å². The van der Waals surface area contributed by atoms with E-state index in [4.69, 9.17) is 21.0 Å². The van der Waals surface area contributed by atoms with Gasteiger partial charge in [-0.05, 0) is 17.7 Å². The summed E-state index contributed by atoms with van der Waals surface area (Å²) in [6.45, 7) is -0.210. The van der Waals surface area contributed by atoms with E-state index >= 15 is 0 Å². The van der Waals surface area contributed by atoms with Crippen LogP contribution >= 0.6 is 0 Å². The summed E-state index contributed by atoms with van der Waals surface area (Å²) in [5.41, 5.74) is 1.19. The van der Waals surface area contributed by atoms with Gasteiger partial charge in [-0.1, -0.05) is 12.0 Å². The fraction of sp³-hybridized carbons (Fsp3) is 0.500. The van der Waals surface area contributed by atoms with Gasteiger partial charge in [-0.2, -0.15) is 0 Å². The topological polar surface area (TPSA) is 99.4 Å². The number of hydrogen-bond acceptors (Lipinski definition) is 6. The Labute approximate surface area is 129 Å². The van der Waals surface area contributed by atoms with Crippen LogP contribution in [0.1, 0.15) is 23.7 Å². The zero-order valence-electron chi connectivity index (χ0n) is 12.6. The van der Waals surface area contributed by atoms with Crippen molar-refractivity contribution in [2.75, 3.05) is 20.8 Å². The highest BCUT2D eigenvalue weighted by atomic mass is 16.5. The normalized spacial score (nSPS) is 27.3. The molecule has 0 radical (unpaired) electrons. The Hall–Kier alpha value is -1.62. The minimum absolute atomic E-state index is 0.201. The highest BCUT2D eigenvalue weighted by Gasteiger charge is 2.37. The van der Waals surface area contributed by atoms with Gasteiger partial charge in [0.2, 0.25) is 0 Å². The number of methoxy groups -OCH3 is 1. The van der Waals surface area contributed by atoms with Crippen LogP contribution < -0.4 is 4.74 Å². The van der Waals surface area contributed by atoms with Gasteiger partial charge in [0.25, 0.3) is 0 Å². The second kappa shape index (κ2) is 8.73. The van der Waals surface area contributed by atoms with Crippen molar-refractivity contribution >= 4 is 0 Å². The van der Waals surface area contributed by atoms with Crippen molar-refractivity contribution in [3.63, 3.8) is 0 Å². The number of aliphatic hydroxyl groups excluding tert-OH is 4. The minimum atomic E-state index is -1.06. The van der Waals surface area contributed by atoms with Gasteiger partial charge in [-0.25, -0.2) is 0 Å². The molecule has 1 saturated heterocycles. The van der Waals surface area contributed by atoms with Crippen molar-refractivity contribution in [2.24, 2.45) is 0 Å². The average Bonchev–Trinajstić information content (AvgIpc) is 2.58. The van der Waals surface area contributed by atoms with Crippen LogP contribution in [0.15, 0.2) is 18.2 Å². The van der Waals surface area contributed by atoms with Crippen molar-refractivity contribution in [1.82, 2.24) is 0 Å². The lowest BCUT2D eigenvalue weighted by Crippen LogP contribution is -2.44. The van der Waals surface area contributed by atoms with Crippen molar-refractivity contribution in [3.05, 3.63) is 29.3 Å². The molecule has 1 aliphatic heterocycles. The molecule has 1 heterocycles. The molecule has 0 saturated carbocycles. The number of rotatable bonds is 3. The van der Waals surface area contributed by atoms with Crippen LogP contribution in [0.2, 0.25) is 0 Å². The molecular weight excluding hydrogens is 288 g/mol. The monoisotopic (exact) mass is 310 g/mol. The molecule has 1 fully saturated rings. The first kappa shape index (κ1) is 18.4. The molecule has 3 unspecified atom stereocenters.